The van der Waals surface area contributed by atoms with E-state index >= 15 is 0 Å². The maximum atomic E-state index is 13.8. The molecule has 0 radical (unpaired) electrons. The minimum absolute atomic E-state index is 0.0712. The van der Waals surface area contributed by atoms with Crippen molar-refractivity contribution in [1.82, 2.24) is 19.6 Å². The standard InChI is InChI=1S/C41H41Br2N8O3S/c1-41(48-55(3,53)54)13-16-50(17-14-41)38-20-30(35-22-32(43)10-12-37(35)46-38)24-45-33-8-4-6-27(18-33)25-49(2)40(52)28-7-5-15-51(26-28)39-19-29(23-44)34-21-31(42)9-11-36(34)47-39/h4,6,8-12,18-22,28,48H,5,7,13-17,25-26H2,1-3H3/q+1/t28-/m0/s1. The molecule has 1 atom stereocenters. The van der Waals surface area contributed by atoms with Crippen molar-refractivity contribution < 1.29 is 13.2 Å². The molecule has 0 bridgehead atoms. The van der Waals surface area contributed by atoms with Crippen LogP contribution in [0.15, 0.2) is 81.7 Å². The zero-order valence-electron chi connectivity index (χ0n) is 30.9. The second-order valence-electron chi connectivity index (χ2n) is 14.8. The van der Waals surface area contributed by atoms with Gasteiger partial charge in [-0.2, -0.15) is 5.26 Å². The van der Waals surface area contributed by atoms with E-state index in [1.54, 1.807) is 4.90 Å². The highest BCUT2D eigenvalue weighted by atomic mass is 79.9. The predicted molar refractivity (Wildman–Crippen MR) is 225 cm³/mol. The number of hydrogen-bond donors (Lipinski definition) is 1. The highest BCUT2D eigenvalue weighted by Gasteiger charge is 2.33. The molecule has 4 heterocycles. The number of piperidine rings is 2. The lowest BCUT2D eigenvalue weighted by molar-refractivity contribution is -0.135. The predicted octanol–water partition coefficient (Wildman–Crippen LogP) is 7.98. The summed E-state index contributed by atoms with van der Waals surface area (Å²) < 4.78 is 28.5. The van der Waals surface area contributed by atoms with Gasteiger partial charge >= 0.3 is 11.8 Å². The van der Waals surface area contributed by atoms with E-state index in [4.69, 9.17) is 14.8 Å². The minimum atomic E-state index is -3.32. The van der Waals surface area contributed by atoms with Crippen molar-refractivity contribution in [2.45, 2.75) is 44.7 Å². The van der Waals surface area contributed by atoms with Gasteiger partial charge in [-0.15, -0.1) is 0 Å². The second-order valence-corrected chi connectivity index (χ2v) is 18.4. The molecule has 0 unspecified atom stereocenters. The van der Waals surface area contributed by atoms with Gasteiger partial charge in [0.25, 0.3) is 0 Å². The number of hydrogen-bond acceptors (Lipinski definition) is 8. The first-order chi connectivity index (χ1) is 26.3. The molecule has 0 saturated carbocycles. The van der Waals surface area contributed by atoms with E-state index in [0.717, 1.165) is 72.9 Å². The van der Waals surface area contributed by atoms with Gasteiger partial charge in [-0.05, 0) is 85.5 Å². The number of nitrogens with one attached hydrogen (secondary N) is 1. The van der Waals surface area contributed by atoms with E-state index in [-0.39, 0.29) is 11.8 Å². The Balaban J connectivity index is 1.06. The molecule has 14 heteroatoms. The summed E-state index contributed by atoms with van der Waals surface area (Å²) in [5.41, 5.74) is 4.09. The molecule has 0 aliphatic carbocycles. The number of nitriles is 1. The van der Waals surface area contributed by atoms with Crippen LogP contribution in [0.3, 0.4) is 0 Å². The first-order valence-corrected chi connectivity index (χ1v) is 21.6. The Bertz CT molecular complexity index is 2520. The Morgan fingerprint density at radius 1 is 0.945 bits per heavy atom. The number of rotatable bonds is 7. The molecule has 3 aromatic carbocycles. The lowest BCUT2D eigenvalue weighted by Gasteiger charge is -2.40. The third-order valence-corrected chi connectivity index (χ3v) is 12.2. The van der Waals surface area contributed by atoms with Crippen molar-refractivity contribution in [3.8, 4) is 12.1 Å². The molecular formula is C41H41Br2N8O3S+. The Labute approximate surface area is 338 Å². The van der Waals surface area contributed by atoms with E-state index in [1.165, 1.54) is 6.26 Å². The van der Waals surface area contributed by atoms with Crippen molar-refractivity contribution in [1.29, 1.82) is 5.26 Å². The molecular weight excluding hydrogens is 844 g/mol. The number of fused-ring (bicyclic) bond motifs is 2. The van der Waals surface area contributed by atoms with E-state index in [0.29, 0.717) is 50.3 Å². The molecule has 7 rings (SSSR count). The van der Waals surface area contributed by atoms with E-state index in [9.17, 15) is 18.5 Å². The van der Waals surface area contributed by atoms with E-state index in [1.807, 2.05) is 86.8 Å². The summed E-state index contributed by atoms with van der Waals surface area (Å²) in [6, 6.07) is 28.9. The average Bonchev–Trinajstić information content (AvgIpc) is 3.15. The van der Waals surface area contributed by atoms with Crippen LogP contribution in [0.25, 0.3) is 26.7 Å². The van der Waals surface area contributed by atoms with Gasteiger partial charge in [0.1, 0.15) is 17.2 Å². The zero-order chi connectivity index (χ0) is 38.9. The molecule has 282 valence electrons. The fourth-order valence-electron chi connectivity index (χ4n) is 7.56. The van der Waals surface area contributed by atoms with Crippen LogP contribution in [0.2, 0.25) is 0 Å². The topological polar surface area (TPSA) is 127 Å². The number of carbonyl (C=O) groups is 1. The smallest absolute Gasteiger partial charge is 0.341 e. The first-order valence-electron chi connectivity index (χ1n) is 18.2. The molecule has 1 N–H and O–H groups in total. The number of aromatic nitrogens is 2. The Kier molecular flexibility index (Phi) is 11.2. The summed E-state index contributed by atoms with van der Waals surface area (Å²) in [6.45, 7) is 4.99. The summed E-state index contributed by atoms with van der Waals surface area (Å²) in [6.07, 6.45) is 4.15. The molecule has 2 aliphatic heterocycles. The van der Waals surface area contributed by atoms with Gasteiger partial charge in [-0.1, -0.05) is 44.0 Å². The largest absolute Gasteiger partial charge is 0.356 e. The molecule has 2 fully saturated rings. The molecule has 0 spiro atoms. The molecule has 55 heavy (non-hydrogen) atoms. The second kappa shape index (κ2) is 15.9. The highest BCUT2D eigenvalue weighted by molar-refractivity contribution is 9.10. The van der Waals surface area contributed by atoms with Crippen LogP contribution in [0, 0.1) is 23.3 Å². The summed E-state index contributed by atoms with van der Waals surface area (Å²) in [5.74, 6) is 1.39. The summed E-state index contributed by atoms with van der Waals surface area (Å²) in [5, 5.41) is 11.6. The Morgan fingerprint density at radius 2 is 1.58 bits per heavy atom. The van der Waals surface area contributed by atoms with E-state index < -0.39 is 15.6 Å². The van der Waals surface area contributed by atoms with E-state index in [2.05, 4.69) is 58.5 Å². The van der Waals surface area contributed by atoms with Gasteiger partial charge in [-0.3, -0.25) is 4.79 Å². The number of carbonyl (C=O) groups excluding carboxylic acids is 1. The van der Waals surface area contributed by atoms with Gasteiger partial charge in [0.05, 0.1) is 34.8 Å². The quantitative estimate of drug-likeness (QED) is 0.175. The maximum absolute atomic E-state index is 13.8. The lowest BCUT2D eigenvalue weighted by Crippen LogP contribution is -2.53. The van der Waals surface area contributed by atoms with Crippen LogP contribution in [0.5, 0.6) is 0 Å². The molecule has 2 aromatic heterocycles. The fraction of sp³-hybridized carbons (Fsp3) is 0.341. The van der Waals surface area contributed by atoms with Crippen LogP contribution in [0.4, 0.5) is 17.3 Å². The van der Waals surface area contributed by atoms with Crippen molar-refractivity contribution in [2.24, 2.45) is 5.92 Å². The molecule has 1 amide bonds. The molecule has 2 aliphatic rings. The highest BCUT2D eigenvalue weighted by Crippen LogP contribution is 2.32. The van der Waals surface area contributed by atoms with Crippen molar-refractivity contribution >= 4 is 86.9 Å². The monoisotopic (exact) mass is 883 g/mol. The van der Waals surface area contributed by atoms with Crippen molar-refractivity contribution in [3.63, 3.8) is 0 Å². The third-order valence-electron chi connectivity index (χ3n) is 10.4. The Hall–Kier alpha value is -4.60. The van der Waals surface area contributed by atoms with Crippen LogP contribution in [-0.2, 0) is 21.4 Å². The third kappa shape index (κ3) is 9.11. The first kappa shape index (κ1) is 38.7. The van der Waals surface area contributed by atoms with Gasteiger partial charge in [-0.25, -0.2) is 23.1 Å². The maximum Gasteiger partial charge on any atom is 0.341 e. The lowest BCUT2D eigenvalue weighted by atomic mass is 9.91. The fourth-order valence-corrected chi connectivity index (χ4v) is 9.38. The molecule has 11 nitrogen and oxygen atoms in total. The average molecular weight is 886 g/mol. The number of pyridine rings is 2. The zero-order valence-corrected chi connectivity index (χ0v) is 34.9. The van der Waals surface area contributed by atoms with Gasteiger partial charge < -0.3 is 14.7 Å². The van der Waals surface area contributed by atoms with Crippen LogP contribution in [0.1, 0.15) is 49.3 Å². The van der Waals surface area contributed by atoms with Crippen LogP contribution >= 0.6 is 31.9 Å². The summed E-state index contributed by atoms with van der Waals surface area (Å²) >= 11 is 7.08. The number of amides is 1. The summed E-state index contributed by atoms with van der Waals surface area (Å²) in [7, 11) is -1.48. The number of sulfonamides is 1. The molecule has 5 aromatic rings. The Morgan fingerprint density at radius 3 is 2.24 bits per heavy atom. The number of halogens is 2. The van der Waals surface area contributed by atoms with Gasteiger partial charge in [0.15, 0.2) is 0 Å². The van der Waals surface area contributed by atoms with Gasteiger partial charge in [0, 0.05) is 83.2 Å². The van der Waals surface area contributed by atoms with Crippen molar-refractivity contribution in [3.05, 3.63) is 103 Å². The van der Waals surface area contributed by atoms with Gasteiger partial charge in [0.2, 0.25) is 15.9 Å². The normalized spacial score (nSPS) is 17.1. The minimum Gasteiger partial charge on any atom is -0.356 e. The summed E-state index contributed by atoms with van der Waals surface area (Å²) in [4.78, 5) is 34.4. The van der Waals surface area contributed by atoms with Crippen molar-refractivity contribution in [2.75, 3.05) is 49.3 Å². The SMILES string of the molecule is CN(Cc1cccc([N+]#Cc2cc(N3CCC(C)(NS(C)(=O)=O)CC3)nc3ccc(Br)cc23)c1)C(=O)[C@H]1CCCN(c2cc(C#N)c3cc(Br)ccc3n2)C1. The number of benzene rings is 3. The number of nitrogens with zero attached hydrogens (tertiary/aromatic N) is 7. The molecule has 2 saturated heterocycles. The van der Waals surface area contributed by atoms with Crippen LogP contribution < -0.4 is 14.5 Å². The number of anilines is 2. The van der Waals surface area contributed by atoms with Crippen LogP contribution in [-0.4, -0.2) is 74.2 Å².